The molecule has 0 bridgehead atoms. The van der Waals surface area contributed by atoms with Gasteiger partial charge in [0.2, 0.25) is 0 Å². The maximum atomic E-state index is 12.6. The Balaban J connectivity index is 1.63. The molecule has 9 heteroatoms. The van der Waals surface area contributed by atoms with Gasteiger partial charge in [-0.05, 0) is 49.6 Å². The molecule has 30 heavy (non-hydrogen) atoms. The van der Waals surface area contributed by atoms with Crippen LogP contribution in [0.3, 0.4) is 0 Å². The van der Waals surface area contributed by atoms with E-state index in [9.17, 15) is 8.78 Å². The molecule has 0 aliphatic carbocycles. The van der Waals surface area contributed by atoms with Crippen LogP contribution in [-0.4, -0.2) is 37.2 Å². The van der Waals surface area contributed by atoms with Crippen LogP contribution < -0.4 is 20.3 Å². The largest absolute Gasteiger partial charge is 0.434 e. The van der Waals surface area contributed by atoms with Crippen LogP contribution in [0, 0.1) is 0 Å². The Morgan fingerprint density at radius 1 is 1.23 bits per heavy atom. The monoisotopic (exact) mass is 437 g/mol. The normalized spacial score (nSPS) is 14.3. The summed E-state index contributed by atoms with van der Waals surface area (Å²) in [6.07, 6.45) is 4.26. The van der Waals surface area contributed by atoms with E-state index in [1.807, 2.05) is 25.3 Å². The fourth-order valence-electron chi connectivity index (χ4n) is 3.23. The number of aromatic nitrogens is 1. The number of guanidine groups is 1. The topological polar surface area (TPSA) is 61.8 Å². The van der Waals surface area contributed by atoms with Gasteiger partial charge in [-0.3, -0.25) is 0 Å². The minimum atomic E-state index is -2.90. The third-order valence-electron chi connectivity index (χ3n) is 4.69. The standard InChI is InChI=1S/C21H26ClF2N5O/c1-2-25-21(28-14-16-11-17(22)6-7-18(16)30-20(23)24)27-13-15-5-8-19(26-12-15)29-9-3-4-10-29/h5-8,11-12,20H,2-4,9-10,13-14H2,1H3,(H2,25,27,28). The van der Waals surface area contributed by atoms with Crippen molar-refractivity contribution in [3.05, 3.63) is 52.7 Å². The molecule has 1 aromatic heterocycles. The molecule has 1 saturated heterocycles. The first kappa shape index (κ1) is 22.1. The Hall–Kier alpha value is -2.61. The number of alkyl halides is 2. The number of anilines is 1. The lowest BCUT2D eigenvalue weighted by Gasteiger charge is -2.16. The number of benzene rings is 1. The van der Waals surface area contributed by atoms with Gasteiger partial charge in [0.15, 0.2) is 5.96 Å². The summed E-state index contributed by atoms with van der Waals surface area (Å²) in [6.45, 7) is 2.50. The molecule has 1 fully saturated rings. The van der Waals surface area contributed by atoms with Crippen molar-refractivity contribution in [3.8, 4) is 5.75 Å². The number of hydrogen-bond acceptors (Lipinski definition) is 4. The molecule has 2 aromatic rings. The van der Waals surface area contributed by atoms with Crippen molar-refractivity contribution in [2.45, 2.75) is 39.5 Å². The second-order valence-corrected chi connectivity index (χ2v) is 7.33. The lowest BCUT2D eigenvalue weighted by atomic mass is 10.2. The van der Waals surface area contributed by atoms with E-state index >= 15 is 0 Å². The zero-order valence-corrected chi connectivity index (χ0v) is 17.6. The van der Waals surface area contributed by atoms with Gasteiger partial charge in [0.25, 0.3) is 0 Å². The van der Waals surface area contributed by atoms with Gasteiger partial charge in [0.1, 0.15) is 11.6 Å². The first-order valence-electron chi connectivity index (χ1n) is 10.0. The number of pyridine rings is 1. The lowest BCUT2D eigenvalue weighted by Crippen LogP contribution is -2.36. The number of rotatable bonds is 8. The molecule has 0 atom stereocenters. The maximum Gasteiger partial charge on any atom is 0.387 e. The number of hydrogen-bond donors (Lipinski definition) is 2. The Bertz CT molecular complexity index is 842. The van der Waals surface area contributed by atoms with Gasteiger partial charge in [-0.1, -0.05) is 17.7 Å². The lowest BCUT2D eigenvalue weighted by molar-refractivity contribution is -0.0504. The summed E-state index contributed by atoms with van der Waals surface area (Å²) in [4.78, 5) is 11.4. The van der Waals surface area contributed by atoms with Gasteiger partial charge in [0.05, 0.1) is 6.54 Å². The predicted octanol–water partition coefficient (Wildman–Crippen LogP) is 4.19. The van der Waals surface area contributed by atoms with Crippen LogP contribution in [0.5, 0.6) is 5.75 Å². The average Bonchev–Trinajstić information content (AvgIpc) is 3.27. The molecule has 1 aliphatic heterocycles. The molecule has 0 spiro atoms. The highest BCUT2D eigenvalue weighted by molar-refractivity contribution is 6.30. The summed E-state index contributed by atoms with van der Waals surface area (Å²) < 4.78 is 29.8. The summed E-state index contributed by atoms with van der Waals surface area (Å²) in [5.41, 5.74) is 1.50. The van der Waals surface area contributed by atoms with Crippen molar-refractivity contribution in [1.82, 2.24) is 15.6 Å². The number of nitrogens with one attached hydrogen (secondary N) is 2. The third-order valence-corrected chi connectivity index (χ3v) is 4.92. The van der Waals surface area contributed by atoms with Gasteiger partial charge in [-0.2, -0.15) is 8.78 Å². The number of aliphatic imine (C=N–C) groups is 1. The van der Waals surface area contributed by atoms with Crippen LogP contribution in [-0.2, 0) is 13.1 Å². The van der Waals surface area contributed by atoms with Gasteiger partial charge < -0.3 is 20.3 Å². The van der Waals surface area contributed by atoms with Crippen LogP contribution in [0.1, 0.15) is 30.9 Å². The van der Waals surface area contributed by atoms with E-state index in [2.05, 4.69) is 30.2 Å². The summed E-state index contributed by atoms with van der Waals surface area (Å²) in [7, 11) is 0. The highest BCUT2D eigenvalue weighted by atomic mass is 35.5. The minimum absolute atomic E-state index is 0.0828. The van der Waals surface area contributed by atoms with E-state index in [1.54, 1.807) is 6.07 Å². The van der Waals surface area contributed by atoms with Crippen LogP contribution in [0.2, 0.25) is 5.02 Å². The predicted molar refractivity (Wildman–Crippen MR) is 115 cm³/mol. The second-order valence-electron chi connectivity index (χ2n) is 6.90. The summed E-state index contributed by atoms with van der Waals surface area (Å²) in [5, 5.41) is 6.72. The van der Waals surface area contributed by atoms with Crippen molar-refractivity contribution >= 4 is 23.4 Å². The fraction of sp³-hybridized carbons (Fsp3) is 0.429. The molecule has 0 radical (unpaired) electrons. The number of halogens is 3. The van der Waals surface area contributed by atoms with Crippen LogP contribution in [0.4, 0.5) is 14.6 Å². The minimum Gasteiger partial charge on any atom is -0.434 e. The highest BCUT2D eigenvalue weighted by Gasteiger charge is 2.13. The highest BCUT2D eigenvalue weighted by Crippen LogP contribution is 2.24. The van der Waals surface area contributed by atoms with E-state index in [4.69, 9.17) is 11.6 Å². The van der Waals surface area contributed by atoms with Crippen molar-refractivity contribution in [2.24, 2.45) is 4.99 Å². The van der Waals surface area contributed by atoms with Crippen LogP contribution in [0.15, 0.2) is 41.5 Å². The Morgan fingerprint density at radius 2 is 2.03 bits per heavy atom. The van der Waals surface area contributed by atoms with E-state index < -0.39 is 6.61 Å². The number of nitrogens with zero attached hydrogens (tertiary/aromatic N) is 3. The molecule has 0 saturated carbocycles. The molecule has 0 amide bonds. The Kier molecular flexibility index (Phi) is 8.07. The van der Waals surface area contributed by atoms with Gasteiger partial charge >= 0.3 is 6.61 Å². The average molecular weight is 438 g/mol. The molecule has 1 aliphatic rings. The van der Waals surface area contributed by atoms with Gasteiger partial charge in [-0.25, -0.2) is 9.98 Å². The van der Waals surface area contributed by atoms with Crippen LogP contribution >= 0.6 is 11.6 Å². The quantitative estimate of drug-likeness (QED) is 0.479. The molecule has 162 valence electrons. The van der Waals surface area contributed by atoms with E-state index in [-0.39, 0.29) is 12.3 Å². The second kappa shape index (κ2) is 11.0. The van der Waals surface area contributed by atoms with Crippen molar-refractivity contribution in [3.63, 3.8) is 0 Å². The summed E-state index contributed by atoms with van der Waals surface area (Å²) in [6, 6.07) is 8.59. The Morgan fingerprint density at radius 3 is 2.70 bits per heavy atom. The molecule has 1 aromatic carbocycles. The number of ether oxygens (including phenoxy) is 1. The third kappa shape index (κ3) is 6.45. The van der Waals surface area contributed by atoms with Crippen molar-refractivity contribution in [1.29, 1.82) is 0 Å². The Labute approximate surface area is 180 Å². The summed E-state index contributed by atoms with van der Waals surface area (Å²) in [5.74, 6) is 1.64. The fourth-order valence-corrected chi connectivity index (χ4v) is 3.43. The maximum absolute atomic E-state index is 12.6. The SMILES string of the molecule is CCNC(=NCc1ccc(N2CCCC2)nc1)NCc1cc(Cl)ccc1OC(F)F. The first-order valence-corrected chi connectivity index (χ1v) is 10.4. The van der Waals surface area contributed by atoms with E-state index in [1.165, 1.54) is 25.0 Å². The van der Waals surface area contributed by atoms with E-state index in [0.717, 1.165) is 24.5 Å². The molecule has 6 nitrogen and oxygen atoms in total. The smallest absolute Gasteiger partial charge is 0.387 e. The summed E-state index contributed by atoms with van der Waals surface area (Å²) >= 11 is 6.00. The zero-order valence-electron chi connectivity index (χ0n) is 16.9. The molecule has 3 rings (SSSR count). The van der Waals surface area contributed by atoms with Crippen LogP contribution in [0.25, 0.3) is 0 Å². The molecular formula is C21H26ClF2N5O. The van der Waals surface area contributed by atoms with Crippen molar-refractivity contribution < 1.29 is 13.5 Å². The van der Waals surface area contributed by atoms with Gasteiger partial charge in [0, 0.05) is 43.0 Å². The molecular weight excluding hydrogens is 412 g/mol. The zero-order chi connectivity index (χ0) is 21.3. The van der Waals surface area contributed by atoms with Crippen molar-refractivity contribution in [2.75, 3.05) is 24.5 Å². The molecule has 2 N–H and O–H groups in total. The van der Waals surface area contributed by atoms with Gasteiger partial charge in [-0.15, -0.1) is 0 Å². The first-order chi connectivity index (χ1) is 14.5. The molecule has 0 unspecified atom stereocenters. The molecule has 2 heterocycles. The van der Waals surface area contributed by atoms with E-state index in [0.29, 0.717) is 29.6 Å².